The van der Waals surface area contributed by atoms with Crippen LogP contribution in [0.15, 0.2) is 0 Å². The molecule has 0 radical (unpaired) electrons. The summed E-state index contributed by atoms with van der Waals surface area (Å²) in [6.45, 7) is 5.54. The summed E-state index contributed by atoms with van der Waals surface area (Å²) in [7, 11) is 3.13. The van der Waals surface area contributed by atoms with Crippen molar-refractivity contribution in [2.24, 2.45) is 0 Å². The lowest BCUT2D eigenvalue weighted by atomic mass is 10.1. The van der Waals surface area contributed by atoms with E-state index in [1.54, 1.807) is 14.2 Å². The van der Waals surface area contributed by atoms with Crippen LogP contribution in [0.5, 0.6) is 0 Å². The molecule has 0 heterocycles. The van der Waals surface area contributed by atoms with Crippen LogP contribution in [0.3, 0.4) is 0 Å². The number of esters is 4. The van der Waals surface area contributed by atoms with Crippen molar-refractivity contribution in [3.8, 4) is 0 Å². The summed E-state index contributed by atoms with van der Waals surface area (Å²) in [5.41, 5.74) is 0. The van der Waals surface area contributed by atoms with Gasteiger partial charge in [-0.15, -0.1) is 0 Å². The first-order valence-corrected chi connectivity index (χ1v) is 23.3. The highest BCUT2D eigenvalue weighted by Gasteiger charge is 2.22. The first-order valence-electron chi connectivity index (χ1n) is 23.3. The molecular formula is C46H86O13. The molecule has 0 saturated carbocycles. The van der Waals surface area contributed by atoms with Gasteiger partial charge in [0.1, 0.15) is 25.9 Å². The Kier molecular flexibility index (Phi) is 43.4. The van der Waals surface area contributed by atoms with E-state index < -0.39 is 30.1 Å². The second-order valence-electron chi connectivity index (χ2n) is 15.4. The minimum absolute atomic E-state index is 0.0173. The molecule has 1 unspecified atom stereocenters. The number of ether oxygens (including phenoxy) is 9. The molecule has 0 aliphatic carbocycles. The molecule has 0 aliphatic heterocycles. The highest BCUT2D eigenvalue weighted by Crippen LogP contribution is 2.15. The average molecular weight is 847 g/mol. The zero-order chi connectivity index (χ0) is 43.3. The van der Waals surface area contributed by atoms with Crippen molar-refractivity contribution in [1.82, 2.24) is 0 Å². The summed E-state index contributed by atoms with van der Waals surface area (Å²) in [5, 5.41) is 0. The highest BCUT2D eigenvalue weighted by molar-refractivity contribution is 5.71. The number of carbonyl (C=O) groups excluding carboxylic acids is 4. The van der Waals surface area contributed by atoms with Gasteiger partial charge in [-0.2, -0.15) is 0 Å². The Hall–Kier alpha value is -2.32. The maximum absolute atomic E-state index is 13.0. The van der Waals surface area contributed by atoms with Crippen molar-refractivity contribution in [3.63, 3.8) is 0 Å². The van der Waals surface area contributed by atoms with Gasteiger partial charge < -0.3 is 42.6 Å². The van der Waals surface area contributed by atoms with E-state index in [-0.39, 0.29) is 71.3 Å². The Morgan fingerprint density at radius 2 is 0.695 bits per heavy atom. The normalized spacial score (nSPS) is 11.8. The van der Waals surface area contributed by atoms with Crippen molar-refractivity contribution in [2.45, 2.75) is 193 Å². The van der Waals surface area contributed by atoms with Crippen LogP contribution >= 0.6 is 0 Å². The molecule has 0 N–H and O–H groups in total. The van der Waals surface area contributed by atoms with Crippen molar-refractivity contribution in [1.29, 1.82) is 0 Å². The van der Waals surface area contributed by atoms with Crippen LogP contribution in [0.4, 0.5) is 0 Å². The van der Waals surface area contributed by atoms with Gasteiger partial charge in [0.05, 0.1) is 59.1 Å². The molecule has 0 saturated heterocycles. The third-order valence-corrected chi connectivity index (χ3v) is 9.84. The van der Waals surface area contributed by atoms with Crippen molar-refractivity contribution >= 4 is 23.9 Å². The zero-order valence-electron chi connectivity index (χ0n) is 37.9. The highest BCUT2D eigenvalue weighted by atomic mass is 16.6. The third-order valence-electron chi connectivity index (χ3n) is 9.84. The Labute approximate surface area is 358 Å². The van der Waals surface area contributed by atoms with Gasteiger partial charge in [0.15, 0.2) is 6.10 Å². The molecule has 13 nitrogen and oxygen atoms in total. The number of rotatable bonds is 46. The van der Waals surface area contributed by atoms with Crippen LogP contribution < -0.4 is 0 Å². The second kappa shape index (κ2) is 45.2. The number of hydrogen-bond donors (Lipinski definition) is 0. The number of hydrogen-bond acceptors (Lipinski definition) is 13. The van der Waals surface area contributed by atoms with E-state index in [2.05, 4.69) is 13.8 Å². The van der Waals surface area contributed by atoms with E-state index in [1.807, 2.05) is 0 Å². The Bertz CT molecular complexity index is 933. The molecular weight excluding hydrogens is 760 g/mol. The average Bonchev–Trinajstić information content (AvgIpc) is 3.23. The fraction of sp³-hybridized carbons (Fsp3) is 0.913. The molecule has 0 aliphatic rings. The van der Waals surface area contributed by atoms with Gasteiger partial charge in [-0.1, -0.05) is 142 Å². The van der Waals surface area contributed by atoms with Crippen molar-refractivity contribution in [2.75, 3.05) is 80.3 Å². The standard InChI is InChI=1S/C46H86O13/c1-5-7-9-11-13-15-17-19-21-23-25-27-43(47)58-40-42(59-46(50)28-26-24-22-20-18-16-14-12-10-8-6-2)39-55-41(37-56-44(48)29-31-53-35-33-51-3)38-57-45(49)30-32-54-36-34-52-4/h41-42H,5-40H2,1-4H3. The number of carbonyl (C=O) groups is 4. The summed E-state index contributed by atoms with van der Waals surface area (Å²) < 4.78 is 48.8. The third kappa shape index (κ3) is 42.2. The lowest BCUT2D eigenvalue weighted by Gasteiger charge is -2.23. The van der Waals surface area contributed by atoms with E-state index in [1.165, 1.54) is 96.3 Å². The molecule has 0 spiro atoms. The van der Waals surface area contributed by atoms with Crippen LogP contribution in [-0.2, 0) is 61.8 Å². The van der Waals surface area contributed by atoms with Gasteiger partial charge in [0.2, 0.25) is 0 Å². The Balaban J connectivity index is 5.11. The maximum atomic E-state index is 13.0. The zero-order valence-corrected chi connectivity index (χ0v) is 37.9. The van der Waals surface area contributed by atoms with Gasteiger partial charge in [0.25, 0.3) is 0 Å². The van der Waals surface area contributed by atoms with Crippen molar-refractivity contribution < 1.29 is 61.8 Å². The predicted octanol–water partition coefficient (Wildman–Crippen LogP) is 9.42. The fourth-order valence-corrected chi connectivity index (χ4v) is 6.19. The van der Waals surface area contributed by atoms with Crippen LogP contribution in [0.2, 0.25) is 0 Å². The first kappa shape index (κ1) is 56.7. The van der Waals surface area contributed by atoms with E-state index in [0.717, 1.165) is 38.5 Å². The Morgan fingerprint density at radius 3 is 1.08 bits per heavy atom. The van der Waals surface area contributed by atoms with E-state index in [4.69, 9.17) is 42.6 Å². The second-order valence-corrected chi connectivity index (χ2v) is 15.4. The summed E-state index contributed by atoms with van der Waals surface area (Å²) in [6.07, 6.45) is 24.7. The fourth-order valence-electron chi connectivity index (χ4n) is 6.19. The van der Waals surface area contributed by atoms with Gasteiger partial charge >= 0.3 is 23.9 Å². The molecule has 13 heteroatoms. The van der Waals surface area contributed by atoms with Crippen LogP contribution in [0.25, 0.3) is 0 Å². The minimum atomic E-state index is -0.895. The molecule has 0 amide bonds. The predicted molar refractivity (Wildman–Crippen MR) is 229 cm³/mol. The summed E-state index contributed by atoms with van der Waals surface area (Å²) in [5.74, 6) is -1.78. The lowest BCUT2D eigenvalue weighted by Crippen LogP contribution is -2.35. The van der Waals surface area contributed by atoms with Crippen LogP contribution in [0.1, 0.15) is 181 Å². The molecule has 0 aromatic heterocycles. The summed E-state index contributed by atoms with van der Waals surface area (Å²) >= 11 is 0. The lowest BCUT2D eigenvalue weighted by molar-refractivity contribution is -0.169. The van der Waals surface area contributed by atoms with Crippen molar-refractivity contribution in [3.05, 3.63) is 0 Å². The van der Waals surface area contributed by atoms with E-state index >= 15 is 0 Å². The first-order chi connectivity index (χ1) is 28.9. The number of unbranched alkanes of at least 4 members (excludes halogenated alkanes) is 20. The van der Waals surface area contributed by atoms with Crippen LogP contribution in [-0.4, -0.2) is 116 Å². The molecule has 0 aromatic rings. The Morgan fingerprint density at radius 1 is 0.356 bits per heavy atom. The summed E-state index contributed by atoms with van der Waals surface area (Å²) in [6, 6.07) is 0. The molecule has 0 bridgehead atoms. The molecule has 59 heavy (non-hydrogen) atoms. The largest absolute Gasteiger partial charge is 0.463 e. The monoisotopic (exact) mass is 847 g/mol. The summed E-state index contributed by atoms with van der Waals surface area (Å²) in [4.78, 5) is 50.5. The maximum Gasteiger partial charge on any atom is 0.308 e. The van der Waals surface area contributed by atoms with Crippen LogP contribution in [0, 0.1) is 0 Å². The van der Waals surface area contributed by atoms with Gasteiger partial charge in [-0.05, 0) is 12.8 Å². The smallest absolute Gasteiger partial charge is 0.308 e. The van der Waals surface area contributed by atoms with Gasteiger partial charge in [-0.25, -0.2) is 0 Å². The van der Waals surface area contributed by atoms with E-state index in [0.29, 0.717) is 32.8 Å². The molecule has 348 valence electrons. The quantitative estimate of drug-likeness (QED) is 0.0325. The van der Waals surface area contributed by atoms with Gasteiger partial charge in [-0.3, -0.25) is 19.2 Å². The molecule has 0 fully saturated rings. The molecule has 0 aromatic carbocycles. The topological polar surface area (TPSA) is 151 Å². The molecule has 0 rings (SSSR count). The van der Waals surface area contributed by atoms with Gasteiger partial charge in [0, 0.05) is 27.1 Å². The number of methoxy groups -OCH3 is 2. The minimum Gasteiger partial charge on any atom is -0.463 e. The SMILES string of the molecule is CCCCCCCCCCCCCC(=O)OCC(COC(COC(=O)CCOCCOC)COC(=O)CCOCCOC)OC(=O)CCCCCCCCCCCCC. The van der Waals surface area contributed by atoms with E-state index in [9.17, 15) is 19.2 Å². The molecule has 1 atom stereocenters.